The zero-order valence-electron chi connectivity index (χ0n) is 10.1. The summed E-state index contributed by atoms with van der Waals surface area (Å²) in [6.45, 7) is 7.43. The van der Waals surface area contributed by atoms with Crippen LogP contribution >= 0.6 is 0 Å². The van der Waals surface area contributed by atoms with Crippen molar-refractivity contribution < 1.29 is 10.2 Å². The molecule has 1 fully saturated rings. The normalized spacial score (nSPS) is 25.7. The Morgan fingerprint density at radius 2 is 2.06 bits per heavy atom. The van der Waals surface area contributed by atoms with Gasteiger partial charge in [-0.25, -0.2) is 0 Å². The lowest BCUT2D eigenvalue weighted by Crippen LogP contribution is -3.13. The smallest absolute Gasteiger partial charge is 0.163 e. The van der Waals surface area contributed by atoms with Gasteiger partial charge in [0.1, 0.15) is 13.1 Å². The Labute approximate surface area is 97.6 Å². The summed E-state index contributed by atoms with van der Waals surface area (Å²) >= 11 is 0. The van der Waals surface area contributed by atoms with E-state index in [0.29, 0.717) is 0 Å². The number of quaternary nitrogens is 2. The van der Waals surface area contributed by atoms with Crippen LogP contribution in [-0.2, 0) is 6.54 Å². The molecule has 2 heterocycles. The predicted molar refractivity (Wildman–Crippen MR) is 64.3 cm³/mol. The molecule has 1 aromatic rings. The van der Waals surface area contributed by atoms with Crippen LogP contribution in [0.15, 0.2) is 18.2 Å². The van der Waals surface area contributed by atoms with Gasteiger partial charge in [0.05, 0.1) is 13.1 Å². The number of hydrogen-bond acceptors (Lipinski definition) is 0. The van der Waals surface area contributed by atoms with Gasteiger partial charge in [-0.05, 0) is 13.0 Å². The van der Waals surface area contributed by atoms with Gasteiger partial charge in [0, 0.05) is 24.0 Å². The average Bonchev–Trinajstić information content (AvgIpc) is 2.81. The standard InChI is InChI=1S/C14H20N2/c1-11-4-5-13-12(8-11)9-15-10-14(13)16-6-2-3-7-16/h4-5,8,14-15H,2-3,6-7,9-10H2,1H3/p+2/t14-/m0/s1. The van der Waals surface area contributed by atoms with E-state index in [2.05, 4.69) is 30.4 Å². The summed E-state index contributed by atoms with van der Waals surface area (Å²) in [5, 5.41) is 2.48. The fourth-order valence-corrected chi connectivity index (χ4v) is 3.35. The summed E-state index contributed by atoms with van der Waals surface area (Å²) in [4.78, 5) is 1.82. The van der Waals surface area contributed by atoms with Crippen molar-refractivity contribution in [1.82, 2.24) is 0 Å². The van der Waals surface area contributed by atoms with Gasteiger partial charge in [-0.2, -0.15) is 0 Å². The lowest BCUT2D eigenvalue weighted by atomic mass is 9.94. The molecule has 0 unspecified atom stereocenters. The van der Waals surface area contributed by atoms with Crippen molar-refractivity contribution in [3.8, 4) is 0 Å². The molecule has 0 aromatic heterocycles. The molecule has 0 bridgehead atoms. The second-order valence-electron chi connectivity index (χ2n) is 5.35. The third-order valence-corrected chi connectivity index (χ3v) is 4.18. The summed E-state index contributed by atoms with van der Waals surface area (Å²) < 4.78 is 0. The molecular weight excluding hydrogens is 196 g/mol. The number of hydrogen-bond donors (Lipinski definition) is 2. The van der Waals surface area contributed by atoms with E-state index in [0.717, 1.165) is 6.04 Å². The number of benzene rings is 1. The SMILES string of the molecule is Cc1ccc2c(c1)C[NH2+]C[C@@H]2[NH+]1CCCC1. The topological polar surface area (TPSA) is 21.1 Å². The Morgan fingerprint density at radius 1 is 1.25 bits per heavy atom. The number of aryl methyl sites for hydroxylation is 1. The van der Waals surface area contributed by atoms with Gasteiger partial charge in [0.15, 0.2) is 6.04 Å². The fourth-order valence-electron chi connectivity index (χ4n) is 3.35. The molecule has 0 spiro atoms. The second kappa shape index (κ2) is 4.19. The van der Waals surface area contributed by atoms with Crippen LogP contribution in [0.3, 0.4) is 0 Å². The van der Waals surface area contributed by atoms with Crippen molar-refractivity contribution in [1.29, 1.82) is 0 Å². The van der Waals surface area contributed by atoms with Crippen molar-refractivity contribution in [2.45, 2.75) is 32.4 Å². The Hall–Kier alpha value is -0.860. The minimum atomic E-state index is 0.756. The minimum absolute atomic E-state index is 0.756. The molecule has 2 aliphatic rings. The van der Waals surface area contributed by atoms with Gasteiger partial charge >= 0.3 is 0 Å². The van der Waals surface area contributed by atoms with Crippen LogP contribution in [0.25, 0.3) is 0 Å². The van der Waals surface area contributed by atoms with Crippen LogP contribution in [-0.4, -0.2) is 19.6 Å². The zero-order chi connectivity index (χ0) is 11.0. The summed E-state index contributed by atoms with van der Waals surface area (Å²) in [7, 11) is 0. The van der Waals surface area contributed by atoms with Crippen molar-refractivity contribution in [2.75, 3.05) is 19.6 Å². The van der Waals surface area contributed by atoms with E-state index in [1.165, 1.54) is 44.6 Å². The van der Waals surface area contributed by atoms with Crippen LogP contribution in [0.5, 0.6) is 0 Å². The highest BCUT2D eigenvalue weighted by Gasteiger charge is 2.33. The van der Waals surface area contributed by atoms with E-state index in [-0.39, 0.29) is 0 Å². The van der Waals surface area contributed by atoms with Gasteiger partial charge in [-0.15, -0.1) is 0 Å². The number of nitrogens with one attached hydrogen (secondary N) is 1. The number of likely N-dealkylation sites (tertiary alicyclic amines) is 1. The largest absolute Gasteiger partial charge is 0.337 e. The van der Waals surface area contributed by atoms with Crippen molar-refractivity contribution in [3.63, 3.8) is 0 Å². The van der Waals surface area contributed by atoms with E-state index in [1.807, 2.05) is 4.90 Å². The molecule has 86 valence electrons. The quantitative estimate of drug-likeness (QED) is 0.651. The molecule has 0 amide bonds. The van der Waals surface area contributed by atoms with Crippen molar-refractivity contribution in [3.05, 3.63) is 34.9 Å². The summed E-state index contributed by atoms with van der Waals surface area (Å²) in [5.41, 5.74) is 4.62. The Balaban J connectivity index is 1.93. The minimum Gasteiger partial charge on any atom is -0.337 e. The molecule has 16 heavy (non-hydrogen) atoms. The highest BCUT2D eigenvalue weighted by molar-refractivity contribution is 5.33. The van der Waals surface area contributed by atoms with Crippen LogP contribution in [0.2, 0.25) is 0 Å². The molecule has 0 radical (unpaired) electrons. The second-order valence-corrected chi connectivity index (χ2v) is 5.35. The maximum atomic E-state index is 2.48. The van der Waals surface area contributed by atoms with Crippen molar-refractivity contribution in [2.24, 2.45) is 0 Å². The molecule has 2 nitrogen and oxygen atoms in total. The van der Waals surface area contributed by atoms with Crippen molar-refractivity contribution >= 4 is 0 Å². The molecule has 3 rings (SSSR count). The van der Waals surface area contributed by atoms with Crippen LogP contribution in [0.1, 0.15) is 35.6 Å². The third kappa shape index (κ3) is 1.76. The highest BCUT2D eigenvalue weighted by atomic mass is 15.2. The van der Waals surface area contributed by atoms with Gasteiger partial charge in [0.2, 0.25) is 0 Å². The number of fused-ring (bicyclic) bond motifs is 1. The Kier molecular flexibility index (Phi) is 2.70. The Bertz CT molecular complexity index is 380. The third-order valence-electron chi connectivity index (χ3n) is 4.18. The molecule has 3 N–H and O–H groups in total. The molecular formula is C14H22N2+2. The van der Waals surface area contributed by atoms with Gasteiger partial charge < -0.3 is 10.2 Å². The molecule has 1 aromatic carbocycles. The Morgan fingerprint density at radius 3 is 2.88 bits per heavy atom. The maximum Gasteiger partial charge on any atom is 0.163 e. The fraction of sp³-hybridized carbons (Fsp3) is 0.571. The first-order chi connectivity index (χ1) is 7.84. The lowest BCUT2D eigenvalue weighted by Gasteiger charge is -2.28. The van der Waals surface area contributed by atoms with Crippen LogP contribution in [0.4, 0.5) is 0 Å². The van der Waals surface area contributed by atoms with Gasteiger partial charge in [0.25, 0.3) is 0 Å². The first kappa shape index (κ1) is 10.3. The summed E-state index contributed by atoms with van der Waals surface area (Å²) in [6, 6.07) is 7.81. The average molecular weight is 218 g/mol. The number of rotatable bonds is 1. The zero-order valence-corrected chi connectivity index (χ0v) is 10.1. The highest BCUT2D eigenvalue weighted by Crippen LogP contribution is 2.19. The number of nitrogens with two attached hydrogens (primary N) is 1. The van der Waals surface area contributed by atoms with E-state index in [1.54, 1.807) is 11.1 Å². The van der Waals surface area contributed by atoms with Gasteiger partial charge in [-0.1, -0.05) is 17.7 Å². The first-order valence-corrected chi connectivity index (χ1v) is 6.60. The molecule has 1 atom stereocenters. The monoisotopic (exact) mass is 218 g/mol. The lowest BCUT2D eigenvalue weighted by molar-refractivity contribution is -0.937. The van der Waals surface area contributed by atoms with Crippen LogP contribution < -0.4 is 10.2 Å². The summed E-state index contributed by atoms with van der Waals surface area (Å²) in [6.07, 6.45) is 2.85. The molecule has 2 aliphatic heterocycles. The molecule has 2 heteroatoms. The molecule has 0 aliphatic carbocycles. The van der Waals surface area contributed by atoms with E-state index in [4.69, 9.17) is 0 Å². The van der Waals surface area contributed by atoms with E-state index in [9.17, 15) is 0 Å². The maximum absolute atomic E-state index is 2.48. The first-order valence-electron chi connectivity index (χ1n) is 6.60. The van der Waals surface area contributed by atoms with Gasteiger partial charge in [-0.3, -0.25) is 0 Å². The predicted octanol–water partition coefficient (Wildman–Crippen LogP) is -0.208. The van der Waals surface area contributed by atoms with E-state index < -0.39 is 0 Å². The summed E-state index contributed by atoms with van der Waals surface area (Å²) in [5.74, 6) is 0. The van der Waals surface area contributed by atoms with E-state index >= 15 is 0 Å². The molecule has 1 saturated heterocycles. The van der Waals surface area contributed by atoms with Crippen LogP contribution in [0, 0.1) is 6.92 Å². The molecule has 0 saturated carbocycles.